The summed E-state index contributed by atoms with van der Waals surface area (Å²) in [6, 6.07) is 4.16. The number of ether oxygens (including phenoxy) is 2. The van der Waals surface area contributed by atoms with Crippen LogP contribution in [0.3, 0.4) is 0 Å². The Morgan fingerprint density at radius 1 is 1.20 bits per heavy atom. The molecule has 0 bridgehead atoms. The quantitative estimate of drug-likeness (QED) is 0.475. The molecule has 1 aromatic rings. The number of carboxylic acid groups (broad SMARTS) is 1. The minimum absolute atomic E-state index is 0.133. The van der Waals surface area contributed by atoms with Crippen molar-refractivity contribution in [1.82, 2.24) is 0 Å². The molecule has 1 aromatic carbocycles. The maximum atomic E-state index is 12.3. The number of benzene rings is 1. The summed E-state index contributed by atoms with van der Waals surface area (Å²) in [5, 5.41) is 14.2. The Morgan fingerprint density at radius 2 is 1.88 bits per heavy atom. The zero-order valence-electron chi connectivity index (χ0n) is 14.9. The molecule has 1 aliphatic heterocycles. The topological polar surface area (TPSA) is 96.6 Å². The van der Waals surface area contributed by atoms with Gasteiger partial charge in [0.15, 0.2) is 0 Å². The average Bonchev–Trinajstić information content (AvgIpc) is 2.60. The van der Waals surface area contributed by atoms with Crippen LogP contribution in [-0.4, -0.2) is 65.4 Å². The molecule has 1 heterocycles. The maximum absolute atomic E-state index is 12.3. The zero-order chi connectivity index (χ0) is 18.4. The smallest absolute Gasteiger partial charge is 0.230 e. The van der Waals surface area contributed by atoms with E-state index in [0.29, 0.717) is 30.3 Å². The number of aliphatic carboxylic acids is 1. The van der Waals surface area contributed by atoms with Crippen molar-refractivity contribution in [2.75, 3.05) is 52.8 Å². The minimum Gasteiger partial charge on any atom is -0.544 e. The summed E-state index contributed by atoms with van der Waals surface area (Å²) in [6.45, 7) is 3.19. The number of nitrogens with one attached hydrogen (secondary N) is 3. The van der Waals surface area contributed by atoms with Crippen LogP contribution in [0.5, 0.6) is 11.5 Å². The van der Waals surface area contributed by atoms with Crippen LogP contribution < -0.4 is 29.7 Å². The van der Waals surface area contributed by atoms with Crippen molar-refractivity contribution in [3.05, 3.63) is 18.2 Å². The lowest BCUT2D eigenvalue weighted by molar-refractivity contribution is -1.01. The van der Waals surface area contributed by atoms with Crippen molar-refractivity contribution in [3.63, 3.8) is 0 Å². The Kier molecular flexibility index (Phi) is 6.60. The number of carbonyl (C=O) groups is 2. The third-order valence-electron chi connectivity index (χ3n) is 4.60. The second kappa shape index (κ2) is 8.68. The van der Waals surface area contributed by atoms with Crippen LogP contribution >= 0.6 is 0 Å². The molecule has 1 saturated heterocycles. The molecule has 1 atom stereocenters. The van der Waals surface area contributed by atoms with E-state index in [2.05, 4.69) is 12.4 Å². The highest BCUT2D eigenvalue weighted by Gasteiger charge is 2.31. The largest absolute Gasteiger partial charge is 0.544 e. The fourth-order valence-electron chi connectivity index (χ4n) is 3.03. The Bertz CT molecular complexity index is 614. The monoisotopic (exact) mass is 352 g/mol. The molecule has 0 spiro atoms. The van der Waals surface area contributed by atoms with Crippen LogP contribution in [0.4, 0.5) is 5.69 Å². The van der Waals surface area contributed by atoms with Gasteiger partial charge in [0.05, 0.1) is 39.3 Å². The number of hydrogen-bond acceptors (Lipinski definition) is 5. The van der Waals surface area contributed by atoms with Gasteiger partial charge in [0, 0.05) is 6.07 Å². The van der Waals surface area contributed by atoms with E-state index in [1.54, 1.807) is 18.2 Å². The van der Waals surface area contributed by atoms with Gasteiger partial charge in [0.25, 0.3) is 0 Å². The first-order valence-electron chi connectivity index (χ1n) is 8.33. The van der Waals surface area contributed by atoms with Gasteiger partial charge in [-0.25, -0.2) is 0 Å². The summed E-state index contributed by atoms with van der Waals surface area (Å²) in [7, 11) is 5.11. The molecule has 0 aliphatic carbocycles. The van der Waals surface area contributed by atoms with Crippen molar-refractivity contribution in [3.8, 4) is 11.5 Å². The third-order valence-corrected chi connectivity index (χ3v) is 4.60. The number of rotatable bonds is 7. The predicted octanol–water partition coefficient (Wildman–Crippen LogP) is -3.44. The van der Waals surface area contributed by atoms with Crippen molar-refractivity contribution < 1.29 is 34.0 Å². The van der Waals surface area contributed by atoms with Crippen molar-refractivity contribution in [2.45, 2.75) is 12.5 Å². The van der Waals surface area contributed by atoms with Gasteiger partial charge in [-0.05, 0) is 12.1 Å². The molecule has 0 unspecified atom stereocenters. The average molecular weight is 352 g/mol. The van der Waals surface area contributed by atoms with Gasteiger partial charge < -0.3 is 34.5 Å². The number of methoxy groups -OCH3 is 2. The van der Waals surface area contributed by atoms with Crippen molar-refractivity contribution >= 4 is 17.6 Å². The Balaban J connectivity index is 2.03. The van der Waals surface area contributed by atoms with E-state index in [0.717, 1.165) is 18.0 Å². The van der Waals surface area contributed by atoms with Crippen LogP contribution in [0.25, 0.3) is 0 Å². The summed E-state index contributed by atoms with van der Waals surface area (Å²) in [5.41, 5.74) is 0.475. The molecular weight excluding hydrogens is 326 g/mol. The van der Waals surface area contributed by atoms with Gasteiger partial charge in [-0.3, -0.25) is 4.79 Å². The Labute approximate surface area is 147 Å². The molecule has 138 valence electrons. The first-order valence-corrected chi connectivity index (χ1v) is 8.33. The standard InChI is InChI=1S/C17H25N3O5/c1-19-6-8-20(9-7-19)14(17(22)23)11-16(21)18-13-5-4-12(24-2)10-15(13)25-3/h4-5,10,14H,6-9,11H2,1-3H3,(H,18,21)(H,22,23)/p+1/t14-/m1/s1. The second-order valence-electron chi connectivity index (χ2n) is 6.31. The van der Waals surface area contributed by atoms with Crippen LogP contribution in [0, 0.1) is 0 Å². The van der Waals surface area contributed by atoms with Gasteiger partial charge in [-0.1, -0.05) is 0 Å². The predicted molar refractivity (Wildman–Crippen MR) is 88.9 cm³/mol. The molecule has 1 fully saturated rings. The first kappa shape index (κ1) is 19.0. The summed E-state index contributed by atoms with van der Waals surface area (Å²) in [4.78, 5) is 26.1. The molecule has 8 heteroatoms. The summed E-state index contributed by atoms with van der Waals surface area (Å²) < 4.78 is 10.4. The number of amides is 1. The fourth-order valence-corrected chi connectivity index (χ4v) is 3.03. The second-order valence-corrected chi connectivity index (χ2v) is 6.31. The summed E-state index contributed by atoms with van der Waals surface area (Å²) >= 11 is 0. The molecular formula is C17H26N3O5+. The van der Waals surface area contributed by atoms with Crippen molar-refractivity contribution in [1.29, 1.82) is 0 Å². The van der Waals surface area contributed by atoms with E-state index in [-0.39, 0.29) is 12.3 Å². The normalized spacial score (nSPS) is 21.2. The van der Waals surface area contributed by atoms with Gasteiger partial charge in [-0.15, -0.1) is 0 Å². The van der Waals surface area contributed by atoms with E-state index in [1.165, 1.54) is 19.1 Å². The van der Waals surface area contributed by atoms with E-state index >= 15 is 0 Å². The third kappa shape index (κ3) is 5.07. The molecule has 8 nitrogen and oxygen atoms in total. The van der Waals surface area contributed by atoms with E-state index < -0.39 is 12.0 Å². The number of piperazine rings is 1. The zero-order valence-corrected chi connectivity index (χ0v) is 14.9. The van der Waals surface area contributed by atoms with E-state index in [4.69, 9.17) is 9.47 Å². The Hall–Kier alpha value is -2.32. The number of carboxylic acids is 1. The number of anilines is 1. The lowest BCUT2D eigenvalue weighted by atomic mass is 10.1. The van der Waals surface area contributed by atoms with Gasteiger partial charge in [0.2, 0.25) is 5.91 Å². The van der Waals surface area contributed by atoms with Crippen LogP contribution in [0.2, 0.25) is 0 Å². The molecule has 0 aromatic heterocycles. The SMILES string of the molecule is COc1ccc(NC(=O)C[C@H](C(=O)[O-])[NH+]2CC[NH+](C)CC2)c(OC)c1. The molecule has 25 heavy (non-hydrogen) atoms. The lowest BCUT2D eigenvalue weighted by Crippen LogP contribution is -3.29. The molecule has 2 rings (SSSR count). The van der Waals surface area contributed by atoms with E-state index in [1.807, 2.05) is 0 Å². The maximum Gasteiger partial charge on any atom is 0.230 e. The van der Waals surface area contributed by atoms with E-state index in [9.17, 15) is 14.7 Å². The van der Waals surface area contributed by atoms with Crippen LogP contribution in [-0.2, 0) is 9.59 Å². The number of carbonyl (C=O) groups excluding carboxylic acids is 2. The van der Waals surface area contributed by atoms with Gasteiger partial charge >= 0.3 is 0 Å². The lowest BCUT2D eigenvalue weighted by Gasteiger charge is -2.33. The molecule has 0 saturated carbocycles. The number of quaternary nitrogens is 2. The highest BCUT2D eigenvalue weighted by molar-refractivity contribution is 5.94. The molecule has 1 amide bonds. The molecule has 3 N–H and O–H groups in total. The van der Waals surface area contributed by atoms with Crippen LogP contribution in [0.15, 0.2) is 18.2 Å². The highest BCUT2D eigenvalue weighted by atomic mass is 16.5. The summed E-state index contributed by atoms with van der Waals surface area (Å²) in [6.07, 6.45) is -0.133. The van der Waals surface area contributed by atoms with Gasteiger partial charge in [0.1, 0.15) is 43.7 Å². The summed E-state index contributed by atoms with van der Waals surface area (Å²) in [5.74, 6) is -0.511. The number of likely N-dealkylation sites (N-methyl/N-ethyl adjacent to an activating group) is 1. The van der Waals surface area contributed by atoms with Crippen molar-refractivity contribution in [2.24, 2.45) is 0 Å². The first-order chi connectivity index (χ1) is 11.9. The highest BCUT2D eigenvalue weighted by Crippen LogP contribution is 2.29. The molecule has 0 radical (unpaired) electrons. The van der Waals surface area contributed by atoms with Gasteiger partial charge in [-0.2, -0.15) is 0 Å². The fraction of sp³-hybridized carbons (Fsp3) is 0.529. The number of hydrogen-bond donors (Lipinski definition) is 3. The minimum atomic E-state index is -1.19. The molecule has 1 aliphatic rings. The Morgan fingerprint density at radius 3 is 2.44 bits per heavy atom. The van der Waals surface area contributed by atoms with Crippen LogP contribution in [0.1, 0.15) is 6.42 Å².